The van der Waals surface area contributed by atoms with Gasteiger partial charge in [0.1, 0.15) is 6.10 Å². The number of benzene rings is 2. The number of aliphatic hydroxyl groups is 2. The lowest BCUT2D eigenvalue weighted by atomic mass is 10.0. The first-order valence-electron chi connectivity index (χ1n) is 8.00. The molecule has 2 atom stereocenters. The van der Waals surface area contributed by atoms with Gasteiger partial charge in [-0.2, -0.15) is 0 Å². The minimum absolute atomic E-state index is 0.401. The maximum absolute atomic E-state index is 10.3. The Labute approximate surface area is 136 Å². The molecular weight excluding hydrogens is 290 g/mol. The number of aliphatic hydroxyl groups excluding tert-OH is 2. The number of β-amino-alcohol motifs (C(OH)–C–C–N with tert-alkyl or cyclic N) is 2. The van der Waals surface area contributed by atoms with Crippen LogP contribution in [0.3, 0.4) is 0 Å². The van der Waals surface area contributed by atoms with Crippen LogP contribution in [0.15, 0.2) is 60.7 Å². The van der Waals surface area contributed by atoms with Gasteiger partial charge in [0.25, 0.3) is 0 Å². The largest absolute Gasteiger partial charge is 0.389 e. The SMILES string of the molecule is O[C@@H]1CN(Cc2ccccc2)C[C@@H](O)C1OCc1ccccc1. The summed E-state index contributed by atoms with van der Waals surface area (Å²) in [7, 11) is 0. The second-order valence-corrected chi connectivity index (χ2v) is 6.08. The van der Waals surface area contributed by atoms with E-state index in [0.717, 1.165) is 12.1 Å². The second-order valence-electron chi connectivity index (χ2n) is 6.08. The molecule has 0 radical (unpaired) electrons. The van der Waals surface area contributed by atoms with Crippen molar-refractivity contribution in [2.24, 2.45) is 0 Å². The molecule has 0 saturated carbocycles. The Hall–Kier alpha value is -1.72. The molecule has 1 heterocycles. The van der Waals surface area contributed by atoms with Gasteiger partial charge in [0.2, 0.25) is 0 Å². The van der Waals surface area contributed by atoms with Gasteiger partial charge < -0.3 is 14.9 Å². The summed E-state index contributed by atoms with van der Waals surface area (Å²) in [6.45, 7) is 2.13. The number of nitrogens with zero attached hydrogens (tertiary/aromatic N) is 1. The molecule has 1 saturated heterocycles. The molecule has 0 amide bonds. The number of likely N-dealkylation sites (tertiary alicyclic amines) is 1. The summed E-state index contributed by atoms with van der Waals surface area (Å²) >= 11 is 0. The highest BCUT2D eigenvalue weighted by atomic mass is 16.5. The van der Waals surface area contributed by atoms with Gasteiger partial charge in [-0.05, 0) is 11.1 Å². The first-order valence-corrected chi connectivity index (χ1v) is 8.00. The van der Waals surface area contributed by atoms with E-state index in [0.29, 0.717) is 19.7 Å². The minimum atomic E-state index is -0.689. The monoisotopic (exact) mass is 313 g/mol. The van der Waals surface area contributed by atoms with Crippen molar-refractivity contribution >= 4 is 0 Å². The molecule has 23 heavy (non-hydrogen) atoms. The average Bonchev–Trinajstić information content (AvgIpc) is 2.56. The molecule has 0 spiro atoms. The predicted molar refractivity (Wildman–Crippen MR) is 88.8 cm³/mol. The van der Waals surface area contributed by atoms with Crippen LogP contribution in [0, 0.1) is 0 Å². The van der Waals surface area contributed by atoms with Gasteiger partial charge in [-0.3, -0.25) is 4.90 Å². The lowest BCUT2D eigenvalue weighted by molar-refractivity contribution is -0.145. The van der Waals surface area contributed by atoms with Crippen LogP contribution in [-0.2, 0) is 17.9 Å². The van der Waals surface area contributed by atoms with Crippen LogP contribution in [0.2, 0.25) is 0 Å². The molecule has 2 N–H and O–H groups in total. The fraction of sp³-hybridized carbons (Fsp3) is 0.368. The number of hydrogen-bond donors (Lipinski definition) is 2. The van der Waals surface area contributed by atoms with Gasteiger partial charge in [-0.15, -0.1) is 0 Å². The van der Waals surface area contributed by atoms with Crippen LogP contribution in [0.25, 0.3) is 0 Å². The Morgan fingerprint density at radius 1 is 0.826 bits per heavy atom. The Balaban J connectivity index is 1.54. The van der Waals surface area contributed by atoms with Crippen molar-refractivity contribution < 1.29 is 14.9 Å². The van der Waals surface area contributed by atoms with E-state index in [4.69, 9.17) is 4.74 Å². The molecule has 1 aliphatic heterocycles. The highest BCUT2D eigenvalue weighted by Gasteiger charge is 2.35. The van der Waals surface area contributed by atoms with Crippen molar-refractivity contribution in [1.29, 1.82) is 0 Å². The fourth-order valence-corrected chi connectivity index (χ4v) is 3.03. The quantitative estimate of drug-likeness (QED) is 0.884. The van der Waals surface area contributed by atoms with Crippen molar-refractivity contribution in [2.75, 3.05) is 13.1 Å². The third kappa shape index (κ3) is 4.39. The molecule has 0 aliphatic carbocycles. The lowest BCUT2D eigenvalue weighted by Crippen LogP contribution is -2.55. The summed E-state index contributed by atoms with van der Waals surface area (Å²) < 4.78 is 5.77. The number of ether oxygens (including phenoxy) is 1. The van der Waals surface area contributed by atoms with Crippen LogP contribution in [0.4, 0.5) is 0 Å². The van der Waals surface area contributed by atoms with Gasteiger partial charge >= 0.3 is 0 Å². The van der Waals surface area contributed by atoms with Crippen molar-refractivity contribution in [3.05, 3.63) is 71.8 Å². The van der Waals surface area contributed by atoms with Crippen LogP contribution in [0.5, 0.6) is 0 Å². The van der Waals surface area contributed by atoms with E-state index in [1.165, 1.54) is 5.56 Å². The molecule has 0 unspecified atom stereocenters. The van der Waals surface area contributed by atoms with Crippen molar-refractivity contribution in [3.8, 4) is 0 Å². The van der Waals surface area contributed by atoms with E-state index in [1.807, 2.05) is 48.5 Å². The predicted octanol–water partition coefficient (Wildman–Crippen LogP) is 1.81. The van der Waals surface area contributed by atoms with Crippen LogP contribution >= 0.6 is 0 Å². The lowest BCUT2D eigenvalue weighted by Gasteiger charge is -2.39. The number of piperidine rings is 1. The Morgan fingerprint density at radius 3 is 1.91 bits per heavy atom. The molecule has 1 fully saturated rings. The molecule has 0 bridgehead atoms. The summed E-state index contributed by atoms with van der Waals surface area (Å²) in [6, 6.07) is 19.9. The number of rotatable bonds is 5. The molecule has 122 valence electrons. The topological polar surface area (TPSA) is 52.9 Å². The molecular formula is C19H23NO3. The van der Waals surface area contributed by atoms with Crippen molar-refractivity contribution in [1.82, 2.24) is 4.90 Å². The maximum atomic E-state index is 10.3. The highest BCUT2D eigenvalue weighted by Crippen LogP contribution is 2.19. The van der Waals surface area contributed by atoms with E-state index in [2.05, 4.69) is 17.0 Å². The van der Waals surface area contributed by atoms with Crippen LogP contribution in [0.1, 0.15) is 11.1 Å². The van der Waals surface area contributed by atoms with Gasteiger partial charge in [-0.25, -0.2) is 0 Å². The van der Waals surface area contributed by atoms with E-state index >= 15 is 0 Å². The second kappa shape index (κ2) is 7.70. The summed E-state index contributed by atoms with van der Waals surface area (Å²) in [5.74, 6) is 0. The first kappa shape index (κ1) is 16.1. The molecule has 2 aromatic carbocycles. The first-order chi connectivity index (χ1) is 11.2. The third-order valence-corrected chi connectivity index (χ3v) is 4.18. The third-order valence-electron chi connectivity index (χ3n) is 4.18. The summed E-state index contributed by atoms with van der Waals surface area (Å²) in [5, 5.41) is 20.7. The summed E-state index contributed by atoms with van der Waals surface area (Å²) in [6.07, 6.45) is -1.92. The van der Waals surface area contributed by atoms with E-state index in [9.17, 15) is 10.2 Å². The van der Waals surface area contributed by atoms with E-state index in [1.54, 1.807) is 0 Å². The summed E-state index contributed by atoms with van der Waals surface area (Å²) in [5.41, 5.74) is 2.22. The highest BCUT2D eigenvalue weighted by molar-refractivity contribution is 5.15. The van der Waals surface area contributed by atoms with Crippen LogP contribution < -0.4 is 0 Å². The smallest absolute Gasteiger partial charge is 0.112 e. The fourth-order valence-electron chi connectivity index (χ4n) is 3.03. The molecule has 4 nitrogen and oxygen atoms in total. The normalized spacial score (nSPS) is 23.0. The van der Waals surface area contributed by atoms with Gasteiger partial charge in [0.05, 0.1) is 18.8 Å². The van der Waals surface area contributed by atoms with Crippen molar-refractivity contribution in [3.63, 3.8) is 0 Å². The molecule has 4 heteroatoms. The summed E-state index contributed by atoms with van der Waals surface area (Å²) in [4.78, 5) is 2.06. The minimum Gasteiger partial charge on any atom is -0.389 e. The van der Waals surface area contributed by atoms with E-state index in [-0.39, 0.29) is 0 Å². The zero-order valence-electron chi connectivity index (χ0n) is 13.1. The van der Waals surface area contributed by atoms with Gasteiger partial charge in [0, 0.05) is 19.6 Å². The Bertz CT molecular complexity index is 578. The average molecular weight is 313 g/mol. The Kier molecular flexibility index (Phi) is 5.41. The molecule has 0 aromatic heterocycles. The van der Waals surface area contributed by atoms with Crippen LogP contribution in [-0.4, -0.2) is 46.5 Å². The zero-order valence-corrected chi connectivity index (χ0v) is 13.1. The Morgan fingerprint density at radius 2 is 1.35 bits per heavy atom. The molecule has 1 aliphatic rings. The zero-order chi connectivity index (χ0) is 16.1. The number of hydrogen-bond acceptors (Lipinski definition) is 4. The van der Waals surface area contributed by atoms with Gasteiger partial charge in [0.15, 0.2) is 0 Å². The molecule has 2 aromatic rings. The van der Waals surface area contributed by atoms with Gasteiger partial charge in [-0.1, -0.05) is 60.7 Å². The van der Waals surface area contributed by atoms with E-state index < -0.39 is 18.3 Å². The maximum Gasteiger partial charge on any atom is 0.112 e. The van der Waals surface area contributed by atoms with Crippen molar-refractivity contribution in [2.45, 2.75) is 31.5 Å². The standard InChI is InChI=1S/C19H23NO3/c21-17-12-20(11-15-7-3-1-4-8-15)13-18(22)19(17)23-14-16-9-5-2-6-10-16/h1-10,17-19,21-22H,11-14H2/t17-,18-/m1/s1. The molecule has 3 rings (SSSR count).